The molecule has 0 aromatic heterocycles. The Morgan fingerprint density at radius 3 is 2.67 bits per heavy atom. The number of nitrogens with zero attached hydrogens (tertiary/aromatic N) is 1. The number of carbonyl (C=O) groups is 1. The number of ether oxygens (including phenoxy) is 1. The van der Waals surface area contributed by atoms with Gasteiger partial charge >= 0.3 is 6.18 Å². The van der Waals surface area contributed by atoms with Crippen molar-refractivity contribution in [3.63, 3.8) is 0 Å². The highest BCUT2D eigenvalue weighted by molar-refractivity contribution is 5.79. The van der Waals surface area contributed by atoms with E-state index >= 15 is 0 Å². The van der Waals surface area contributed by atoms with E-state index in [1.165, 1.54) is 0 Å². The number of hydrogen-bond donors (Lipinski definition) is 1. The first-order chi connectivity index (χ1) is 8.39. The van der Waals surface area contributed by atoms with Crippen molar-refractivity contribution in [2.45, 2.75) is 32.0 Å². The zero-order valence-electron chi connectivity index (χ0n) is 10.2. The van der Waals surface area contributed by atoms with Gasteiger partial charge < -0.3 is 14.7 Å². The number of aliphatic hydroxyl groups is 1. The van der Waals surface area contributed by atoms with Crippen molar-refractivity contribution in [2.75, 3.05) is 26.3 Å². The van der Waals surface area contributed by atoms with Crippen LogP contribution >= 0.6 is 0 Å². The molecule has 1 amide bonds. The lowest BCUT2D eigenvalue weighted by Crippen LogP contribution is -2.45. The molecule has 1 fully saturated rings. The maximum atomic E-state index is 12.3. The normalized spacial score (nSPS) is 24.3. The Kier molecular flexibility index (Phi) is 5.40. The molecule has 106 valence electrons. The summed E-state index contributed by atoms with van der Waals surface area (Å²) in [5, 5.41) is 8.76. The molecule has 2 unspecified atom stereocenters. The Labute approximate surface area is 104 Å². The molecule has 0 aromatic carbocycles. The summed E-state index contributed by atoms with van der Waals surface area (Å²) in [6.07, 6.45) is -3.73. The number of carbonyl (C=O) groups excluding carboxylic acids is 1. The van der Waals surface area contributed by atoms with Crippen molar-refractivity contribution < 1.29 is 27.8 Å². The third-order valence-corrected chi connectivity index (χ3v) is 2.98. The Bertz CT molecular complexity index is 283. The van der Waals surface area contributed by atoms with E-state index in [1.807, 2.05) is 6.92 Å². The summed E-state index contributed by atoms with van der Waals surface area (Å²) >= 11 is 0. The van der Waals surface area contributed by atoms with Gasteiger partial charge in [-0.3, -0.25) is 4.79 Å². The SMILES string of the molecule is CCC1OCCC1C(=O)N(CCO)CC(F)(F)F. The van der Waals surface area contributed by atoms with E-state index < -0.39 is 31.2 Å². The van der Waals surface area contributed by atoms with Crippen molar-refractivity contribution in [2.24, 2.45) is 5.92 Å². The smallest absolute Gasteiger partial charge is 0.395 e. The van der Waals surface area contributed by atoms with Crippen LogP contribution in [0.5, 0.6) is 0 Å². The fourth-order valence-electron chi connectivity index (χ4n) is 2.17. The Hall–Kier alpha value is -0.820. The van der Waals surface area contributed by atoms with Crippen LogP contribution in [0, 0.1) is 5.92 Å². The summed E-state index contributed by atoms with van der Waals surface area (Å²) in [6.45, 7) is 0.126. The summed E-state index contributed by atoms with van der Waals surface area (Å²) in [6, 6.07) is 0. The van der Waals surface area contributed by atoms with Crippen LogP contribution in [0.15, 0.2) is 0 Å². The zero-order valence-corrected chi connectivity index (χ0v) is 10.2. The second kappa shape index (κ2) is 6.38. The van der Waals surface area contributed by atoms with E-state index in [0.29, 0.717) is 24.3 Å². The lowest BCUT2D eigenvalue weighted by Gasteiger charge is -2.27. The average molecular weight is 269 g/mol. The van der Waals surface area contributed by atoms with Gasteiger partial charge in [0.05, 0.1) is 18.6 Å². The summed E-state index contributed by atoms with van der Waals surface area (Å²) in [5.41, 5.74) is 0. The van der Waals surface area contributed by atoms with Crippen LogP contribution in [-0.4, -0.2) is 54.5 Å². The van der Waals surface area contributed by atoms with Crippen molar-refractivity contribution in [1.82, 2.24) is 4.90 Å². The minimum Gasteiger partial charge on any atom is -0.395 e. The maximum absolute atomic E-state index is 12.3. The minimum absolute atomic E-state index is 0.300. The third-order valence-electron chi connectivity index (χ3n) is 2.98. The van der Waals surface area contributed by atoms with Crippen LogP contribution in [0.2, 0.25) is 0 Å². The average Bonchev–Trinajstić information content (AvgIpc) is 2.73. The number of amides is 1. The highest BCUT2D eigenvalue weighted by atomic mass is 19.4. The Morgan fingerprint density at radius 2 is 2.17 bits per heavy atom. The molecule has 1 rings (SSSR count). The summed E-state index contributed by atoms with van der Waals surface area (Å²) in [7, 11) is 0. The van der Waals surface area contributed by atoms with Gasteiger partial charge in [-0.05, 0) is 12.8 Å². The molecule has 1 N–H and O–H groups in total. The Balaban J connectivity index is 2.69. The summed E-state index contributed by atoms with van der Waals surface area (Å²) in [5.74, 6) is -1.10. The highest BCUT2D eigenvalue weighted by Gasteiger charge is 2.39. The van der Waals surface area contributed by atoms with E-state index in [-0.39, 0.29) is 12.6 Å². The van der Waals surface area contributed by atoms with Gasteiger partial charge in [-0.25, -0.2) is 0 Å². The molecular formula is C11H18F3NO3. The topological polar surface area (TPSA) is 49.8 Å². The van der Waals surface area contributed by atoms with Gasteiger partial charge in [-0.1, -0.05) is 6.92 Å². The molecule has 0 spiro atoms. The van der Waals surface area contributed by atoms with Crippen LogP contribution in [0.25, 0.3) is 0 Å². The lowest BCUT2D eigenvalue weighted by molar-refractivity contribution is -0.165. The molecular weight excluding hydrogens is 251 g/mol. The lowest BCUT2D eigenvalue weighted by atomic mass is 9.98. The quantitative estimate of drug-likeness (QED) is 0.815. The number of alkyl halides is 3. The standard InChI is InChI=1S/C11H18F3NO3/c1-2-9-8(3-6-18-9)10(17)15(4-5-16)7-11(12,13)14/h8-9,16H,2-7H2,1H3. The van der Waals surface area contributed by atoms with E-state index in [4.69, 9.17) is 9.84 Å². The Morgan fingerprint density at radius 1 is 1.50 bits per heavy atom. The number of aliphatic hydroxyl groups excluding tert-OH is 1. The molecule has 1 heterocycles. The first-order valence-electron chi connectivity index (χ1n) is 5.97. The van der Waals surface area contributed by atoms with Crippen molar-refractivity contribution in [3.05, 3.63) is 0 Å². The number of hydrogen-bond acceptors (Lipinski definition) is 3. The molecule has 0 bridgehead atoms. The van der Waals surface area contributed by atoms with Crippen LogP contribution < -0.4 is 0 Å². The fraction of sp³-hybridized carbons (Fsp3) is 0.909. The van der Waals surface area contributed by atoms with Gasteiger partial charge in [0.15, 0.2) is 0 Å². The molecule has 2 atom stereocenters. The van der Waals surface area contributed by atoms with Crippen LogP contribution in [0.3, 0.4) is 0 Å². The molecule has 18 heavy (non-hydrogen) atoms. The largest absolute Gasteiger partial charge is 0.406 e. The molecule has 0 aliphatic carbocycles. The highest BCUT2D eigenvalue weighted by Crippen LogP contribution is 2.27. The van der Waals surface area contributed by atoms with Crippen molar-refractivity contribution in [1.29, 1.82) is 0 Å². The van der Waals surface area contributed by atoms with Gasteiger partial charge in [0.2, 0.25) is 5.91 Å². The van der Waals surface area contributed by atoms with Crippen LogP contribution in [-0.2, 0) is 9.53 Å². The first-order valence-corrected chi connectivity index (χ1v) is 5.97. The van der Waals surface area contributed by atoms with E-state index in [1.54, 1.807) is 0 Å². The van der Waals surface area contributed by atoms with Gasteiger partial charge in [-0.2, -0.15) is 13.2 Å². The second-order valence-corrected chi connectivity index (χ2v) is 4.31. The molecule has 0 radical (unpaired) electrons. The van der Waals surface area contributed by atoms with E-state index in [2.05, 4.69) is 0 Å². The van der Waals surface area contributed by atoms with E-state index in [0.717, 1.165) is 0 Å². The number of halogens is 3. The minimum atomic E-state index is -4.45. The molecule has 1 aliphatic heterocycles. The van der Waals surface area contributed by atoms with Gasteiger partial charge in [0, 0.05) is 13.2 Å². The summed E-state index contributed by atoms with van der Waals surface area (Å²) in [4.78, 5) is 12.7. The maximum Gasteiger partial charge on any atom is 0.406 e. The van der Waals surface area contributed by atoms with E-state index in [9.17, 15) is 18.0 Å². The molecule has 1 aliphatic rings. The monoisotopic (exact) mass is 269 g/mol. The fourth-order valence-corrected chi connectivity index (χ4v) is 2.17. The van der Waals surface area contributed by atoms with Gasteiger partial charge in [0.25, 0.3) is 0 Å². The predicted molar refractivity (Wildman–Crippen MR) is 57.9 cm³/mol. The predicted octanol–water partition coefficient (Wildman–Crippen LogP) is 1.18. The first kappa shape index (κ1) is 15.2. The molecule has 1 saturated heterocycles. The molecule has 7 heteroatoms. The van der Waals surface area contributed by atoms with Gasteiger partial charge in [0.1, 0.15) is 6.54 Å². The second-order valence-electron chi connectivity index (χ2n) is 4.31. The van der Waals surface area contributed by atoms with Crippen molar-refractivity contribution in [3.8, 4) is 0 Å². The van der Waals surface area contributed by atoms with Gasteiger partial charge in [-0.15, -0.1) is 0 Å². The van der Waals surface area contributed by atoms with Crippen LogP contribution in [0.1, 0.15) is 19.8 Å². The number of rotatable bonds is 5. The third kappa shape index (κ3) is 4.13. The zero-order chi connectivity index (χ0) is 13.8. The van der Waals surface area contributed by atoms with Crippen LogP contribution in [0.4, 0.5) is 13.2 Å². The summed E-state index contributed by atoms with van der Waals surface area (Å²) < 4.78 is 42.3. The van der Waals surface area contributed by atoms with Crippen molar-refractivity contribution >= 4 is 5.91 Å². The molecule has 4 nitrogen and oxygen atoms in total. The molecule has 0 aromatic rings. The molecule has 0 saturated carbocycles.